The van der Waals surface area contributed by atoms with E-state index in [1.807, 2.05) is 0 Å². The van der Waals surface area contributed by atoms with E-state index < -0.39 is 40.9 Å². The van der Waals surface area contributed by atoms with Crippen molar-refractivity contribution in [1.82, 2.24) is 0 Å². The lowest BCUT2D eigenvalue weighted by Crippen LogP contribution is -2.37. The summed E-state index contributed by atoms with van der Waals surface area (Å²) >= 11 is 0. The smallest absolute Gasteiger partial charge is 0.426 e. The highest BCUT2D eigenvalue weighted by Gasteiger charge is 2.36. The molecule has 2 fully saturated rings. The molecule has 1 heterocycles. The topological polar surface area (TPSA) is 36.9 Å². The molecule has 1 aliphatic carbocycles. The van der Waals surface area contributed by atoms with Crippen molar-refractivity contribution in [3.05, 3.63) is 83.7 Å². The van der Waals surface area contributed by atoms with Gasteiger partial charge in [-0.1, -0.05) is 31.2 Å². The largest absolute Gasteiger partial charge is 0.453 e. The minimum Gasteiger partial charge on any atom is -0.453 e. The molecule has 2 aromatic carbocycles. The van der Waals surface area contributed by atoms with E-state index in [0.29, 0.717) is 31.3 Å². The molecular formula is C29H30F6O4. The molecule has 39 heavy (non-hydrogen) atoms. The van der Waals surface area contributed by atoms with Crippen LogP contribution in [0.1, 0.15) is 56.1 Å². The molecule has 1 saturated carbocycles. The molecule has 0 bridgehead atoms. The van der Waals surface area contributed by atoms with E-state index in [1.165, 1.54) is 12.1 Å². The lowest BCUT2D eigenvalue weighted by Gasteiger charge is -2.37. The first kappa shape index (κ1) is 29.0. The summed E-state index contributed by atoms with van der Waals surface area (Å²) < 4.78 is 102. The molecule has 0 atom stereocenters. The van der Waals surface area contributed by atoms with E-state index in [-0.39, 0.29) is 24.4 Å². The van der Waals surface area contributed by atoms with Gasteiger partial charge in [0.25, 0.3) is 0 Å². The van der Waals surface area contributed by atoms with Crippen molar-refractivity contribution < 1.29 is 45.3 Å². The molecule has 0 spiro atoms. The van der Waals surface area contributed by atoms with E-state index in [4.69, 9.17) is 9.47 Å². The van der Waals surface area contributed by atoms with Gasteiger partial charge in [0.05, 0.1) is 18.8 Å². The second-order valence-electron chi connectivity index (χ2n) is 9.73. The Hall–Kier alpha value is -2.98. The Bertz CT molecular complexity index is 1120. The van der Waals surface area contributed by atoms with Crippen molar-refractivity contribution in [2.75, 3.05) is 13.2 Å². The first-order valence-electron chi connectivity index (χ1n) is 12.9. The Morgan fingerprint density at radius 2 is 1.59 bits per heavy atom. The molecule has 0 radical (unpaired) electrons. The van der Waals surface area contributed by atoms with Gasteiger partial charge in [0.15, 0.2) is 29.9 Å². The van der Waals surface area contributed by atoms with Gasteiger partial charge in [-0.3, -0.25) is 0 Å². The third kappa shape index (κ3) is 7.57. The van der Waals surface area contributed by atoms with Crippen molar-refractivity contribution in [2.45, 2.75) is 57.3 Å². The first-order valence-corrected chi connectivity index (χ1v) is 12.9. The van der Waals surface area contributed by atoms with E-state index >= 15 is 0 Å². The molecule has 212 valence electrons. The molecule has 0 amide bonds. The highest BCUT2D eigenvalue weighted by atomic mass is 19.3. The van der Waals surface area contributed by atoms with Crippen LogP contribution in [0.25, 0.3) is 0 Å². The Kier molecular flexibility index (Phi) is 9.61. The quantitative estimate of drug-likeness (QED) is 0.177. The number of ether oxygens (including phenoxy) is 4. The summed E-state index contributed by atoms with van der Waals surface area (Å²) in [5.41, 5.74) is 0.411. The zero-order valence-electron chi connectivity index (χ0n) is 21.4. The molecular weight excluding hydrogens is 526 g/mol. The van der Waals surface area contributed by atoms with Gasteiger partial charge in [-0.15, -0.1) is 0 Å². The molecule has 1 aliphatic heterocycles. The average Bonchev–Trinajstić information content (AvgIpc) is 2.91. The molecule has 1 saturated heterocycles. The maximum atomic E-state index is 14.7. The van der Waals surface area contributed by atoms with Crippen LogP contribution < -0.4 is 9.47 Å². The van der Waals surface area contributed by atoms with Gasteiger partial charge in [0.2, 0.25) is 0 Å². The maximum Gasteiger partial charge on any atom is 0.426 e. The van der Waals surface area contributed by atoms with Gasteiger partial charge < -0.3 is 18.9 Å². The van der Waals surface area contributed by atoms with Crippen molar-refractivity contribution in [1.29, 1.82) is 0 Å². The third-order valence-corrected chi connectivity index (χ3v) is 6.95. The van der Waals surface area contributed by atoms with Crippen LogP contribution in [-0.2, 0) is 15.6 Å². The summed E-state index contributed by atoms with van der Waals surface area (Å²) in [5, 5.41) is 0. The Morgan fingerprint density at radius 1 is 0.974 bits per heavy atom. The lowest BCUT2D eigenvalue weighted by molar-refractivity contribution is -0.222. The Balaban J connectivity index is 1.32. The zero-order chi connectivity index (χ0) is 28.0. The van der Waals surface area contributed by atoms with Crippen LogP contribution in [0.15, 0.2) is 60.9 Å². The summed E-state index contributed by atoms with van der Waals surface area (Å²) in [6, 6.07) is 6.52. The molecule has 0 unspecified atom stereocenters. The fourth-order valence-corrected chi connectivity index (χ4v) is 4.94. The number of rotatable bonds is 9. The number of hydrogen-bond donors (Lipinski definition) is 0. The fraction of sp³-hybridized carbons (Fsp3) is 0.448. The molecule has 10 heteroatoms. The van der Waals surface area contributed by atoms with Crippen LogP contribution >= 0.6 is 0 Å². The van der Waals surface area contributed by atoms with Crippen LogP contribution in [0.2, 0.25) is 0 Å². The van der Waals surface area contributed by atoms with Gasteiger partial charge >= 0.3 is 12.2 Å². The number of benzene rings is 2. The molecule has 0 N–H and O–H groups in total. The van der Waals surface area contributed by atoms with Crippen LogP contribution in [0.3, 0.4) is 0 Å². The SMILES string of the molecule is CCC=CC1COC(C2CCC(c3ccc(C(F)(F)Oc4cc(F)c(OC=C(F)F)c(F)c4)cc3)CC2)OC1. The van der Waals surface area contributed by atoms with Gasteiger partial charge in [-0.2, -0.15) is 17.6 Å². The van der Waals surface area contributed by atoms with E-state index in [2.05, 4.69) is 28.5 Å². The Morgan fingerprint density at radius 3 is 2.15 bits per heavy atom. The van der Waals surface area contributed by atoms with Gasteiger partial charge in [0, 0.05) is 24.0 Å². The van der Waals surface area contributed by atoms with Gasteiger partial charge in [0.1, 0.15) is 5.75 Å². The summed E-state index contributed by atoms with van der Waals surface area (Å²) in [7, 11) is 0. The van der Waals surface area contributed by atoms with Crippen LogP contribution in [-0.4, -0.2) is 19.5 Å². The normalized spacial score (nSPS) is 24.0. The van der Waals surface area contributed by atoms with Crippen molar-refractivity contribution >= 4 is 0 Å². The number of allylic oxidation sites excluding steroid dienone is 1. The highest BCUT2D eigenvalue weighted by Crippen LogP contribution is 2.40. The second kappa shape index (κ2) is 12.9. The third-order valence-electron chi connectivity index (χ3n) is 6.95. The van der Waals surface area contributed by atoms with Crippen LogP contribution in [0.5, 0.6) is 11.5 Å². The van der Waals surface area contributed by atoms with Gasteiger partial charge in [-0.25, -0.2) is 8.78 Å². The molecule has 2 aliphatic rings. The maximum absolute atomic E-state index is 14.7. The van der Waals surface area contributed by atoms with Gasteiger partial charge in [-0.05, 0) is 55.7 Å². The van der Waals surface area contributed by atoms with Crippen LogP contribution in [0.4, 0.5) is 26.3 Å². The summed E-state index contributed by atoms with van der Waals surface area (Å²) in [6.07, 6.45) is 2.16. The summed E-state index contributed by atoms with van der Waals surface area (Å²) in [6.45, 7) is 3.37. The predicted molar refractivity (Wildman–Crippen MR) is 132 cm³/mol. The van der Waals surface area contributed by atoms with E-state index in [0.717, 1.165) is 37.7 Å². The fourth-order valence-electron chi connectivity index (χ4n) is 4.94. The monoisotopic (exact) mass is 556 g/mol. The number of alkyl halides is 2. The summed E-state index contributed by atoms with van der Waals surface area (Å²) in [4.78, 5) is 0. The molecule has 4 nitrogen and oxygen atoms in total. The predicted octanol–water partition coefficient (Wildman–Crippen LogP) is 8.44. The standard InChI is InChI=1S/C29H30F6O4/c1-2-3-4-18-15-37-28(38-16-18)21-7-5-19(6-8-21)20-9-11-22(12-10-20)29(34,35)39-23-13-24(30)27(25(31)14-23)36-17-26(32)33/h3-4,9-14,17-19,21,28H,2,5-8,15-16H2,1H3. The van der Waals surface area contributed by atoms with Crippen molar-refractivity contribution in [3.63, 3.8) is 0 Å². The lowest BCUT2D eigenvalue weighted by atomic mass is 9.78. The van der Waals surface area contributed by atoms with E-state index in [1.54, 1.807) is 12.1 Å². The summed E-state index contributed by atoms with van der Waals surface area (Å²) in [5.74, 6) is -4.16. The second-order valence-corrected chi connectivity index (χ2v) is 9.73. The minimum absolute atomic E-state index is 0.163. The molecule has 2 aromatic rings. The van der Waals surface area contributed by atoms with E-state index in [9.17, 15) is 26.3 Å². The highest BCUT2D eigenvalue weighted by molar-refractivity contribution is 5.36. The van der Waals surface area contributed by atoms with Crippen molar-refractivity contribution in [2.24, 2.45) is 11.8 Å². The van der Waals surface area contributed by atoms with Crippen molar-refractivity contribution in [3.8, 4) is 11.5 Å². The zero-order valence-corrected chi connectivity index (χ0v) is 21.4. The first-order chi connectivity index (χ1) is 18.7. The minimum atomic E-state index is -3.90. The number of hydrogen-bond acceptors (Lipinski definition) is 4. The molecule has 0 aromatic heterocycles. The molecule has 4 rings (SSSR count). The van der Waals surface area contributed by atoms with Crippen LogP contribution in [0, 0.1) is 23.5 Å². The average molecular weight is 557 g/mol. The number of halogens is 6. The Labute approximate surface area is 223 Å².